The second kappa shape index (κ2) is 8.32. The molecule has 0 atom stereocenters. The van der Waals surface area contributed by atoms with Crippen LogP contribution in [0.4, 0.5) is 0 Å². The van der Waals surface area contributed by atoms with Gasteiger partial charge in [0.05, 0.1) is 0 Å². The molecule has 1 aromatic rings. The molecule has 0 saturated carbocycles. The highest BCUT2D eigenvalue weighted by molar-refractivity contribution is 5.94. The van der Waals surface area contributed by atoms with Gasteiger partial charge in [-0.25, -0.2) is 0 Å². The number of carbonyl (C=O) groups excluding carboxylic acids is 2. The zero-order valence-electron chi connectivity index (χ0n) is 13.9. The van der Waals surface area contributed by atoms with Crippen molar-refractivity contribution in [1.82, 2.24) is 9.80 Å². The zero-order valence-corrected chi connectivity index (χ0v) is 13.9. The van der Waals surface area contributed by atoms with Crippen molar-refractivity contribution in [3.63, 3.8) is 0 Å². The first-order valence-corrected chi connectivity index (χ1v) is 8.12. The average Bonchev–Trinajstić information content (AvgIpc) is 2.61. The van der Waals surface area contributed by atoms with Gasteiger partial charge in [-0.1, -0.05) is 37.3 Å². The summed E-state index contributed by atoms with van der Waals surface area (Å²) in [5, 5.41) is 0. The fraction of sp³-hybridized carbons (Fsp3) is 0.368. The number of nitrogens with zero attached hydrogens (tertiary/aromatic N) is 2. The third-order valence-corrected chi connectivity index (χ3v) is 4.03. The first-order chi connectivity index (χ1) is 11.2. The second-order valence-electron chi connectivity index (χ2n) is 5.55. The average molecular weight is 312 g/mol. The Bertz CT molecular complexity index is 594. The monoisotopic (exact) mass is 312 g/mol. The van der Waals surface area contributed by atoms with Gasteiger partial charge in [0.1, 0.15) is 0 Å². The molecule has 1 aliphatic rings. The highest BCUT2D eigenvalue weighted by Crippen LogP contribution is 2.11. The fourth-order valence-electron chi connectivity index (χ4n) is 2.55. The van der Waals surface area contributed by atoms with Gasteiger partial charge in [-0.2, -0.15) is 0 Å². The van der Waals surface area contributed by atoms with Crippen LogP contribution in [0.15, 0.2) is 48.6 Å². The summed E-state index contributed by atoms with van der Waals surface area (Å²) in [7, 11) is 0. The lowest BCUT2D eigenvalue weighted by molar-refractivity contribution is -0.127. The molecule has 4 nitrogen and oxygen atoms in total. The van der Waals surface area contributed by atoms with E-state index < -0.39 is 0 Å². The molecule has 0 bridgehead atoms. The standard InChI is InChI=1S/C19H24N2O2/c1-3-5-6-7-18(22)20-12-14-21(15-13-20)19(23)17-10-8-16(4-2)9-11-17/h3,5-11H,4,12-15H2,1-2H3/b5-3+,7-6+. The molecule has 0 spiro atoms. The van der Waals surface area contributed by atoms with Crippen molar-refractivity contribution >= 4 is 11.8 Å². The van der Waals surface area contributed by atoms with Crippen molar-refractivity contribution in [2.45, 2.75) is 20.3 Å². The number of hydrogen-bond acceptors (Lipinski definition) is 2. The van der Waals surface area contributed by atoms with Crippen LogP contribution in [0.5, 0.6) is 0 Å². The van der Waals surface area contributed by atoms with Gasteiger partial charge in [-0.3, -0.25) is 9.59 Å². The molecule has 122 valence electrons. The molecule has 0 aromatic heterocycles. The van der Waals surface area contributed by atoms with Gasteiger partial charge < -0.3 is 9.80 Å². The van der Waals surface area contributed by atoms with E-state index in [2.05, 4.69) is 6.92 Å². The molecule has 2 rings (SSSR count). The van der Waals surface area contributed by atoms with Crippen LogP contribution in [0.25, 0.3) is 0 Å². The predicted octanol–water partition coefficient (Wildman–Crippen LogP) is 2.67. The minimum absolute atomic E-state index is 0.00231. The highest BCUT2D eigenvalue weighted by atomic mass is 16.2. The van der Waals surface area contributed by atoms with E-state index in [4.69, 9.17) is 0 Å². The third kappa shape index (κ3) is 4.55. The number of allylic oxidation sites excluding steroid dienone is 3. The molecule has 4 heteroatoms. The van der Waals surface area contributed by atoms with Crippen molar-refractivity contribution in [1.29, 1.82) is 0 Å². The van der Waals surface area contributed by atoms with Gasteiger partial charge >= 0.3 is 0 Å². The molecule has 1 fully saturated rings. The number of amides is 2. The van der Waals surface area contributed by atoms with Gasteiger partial charge in [0, 0.05) is 37.8 Å². The first kappa shape index (κ1) is 17.0. The Morgan fingerprint density at radius 1 is 1.00 bits per heavy atom. The predicted molar refractivity (Wildman–Crippen MR) is 92.3 cm³/mol. The van der Waals surface area contributed by atoms with E-state index in [0.717, 1.165) is 12.0 Å². The molecule has 1 aromatic carbocycles. The molecular weight excluding hydrogens is 288 g/mol. The SMILES string of the molecule is C/C=C/C=C/C(=O)N1CCN(C(=O)c2ccc(CC)cc2)CC1. The zero-order chi connectivity index (χ0) is 16.7. The van der Waals surface area contributed by atoms with Crippen LogP contribution in [0.1, 0.15) is 29.8 Å². The third-order valence-electron chi connectivity index (χ3n) is 4.03. The van der Waals surface area contributed by atoms with Gasteiger partial charge in [-0.15, -0.1) is 0 Å². The van der Waals surface area contributed by atoms with Gasteiger partial charge in [0.2, 0.25) is 5.91 Å². The van der Waals surface area contributed by atoms with Crippen LogP contribution in [-0.2, 0) is 11.2 Å². The van der Waals surface area contributed by atoms with Gasteiger partial charge in [0.25, 0.3) is 5.91 Å². The topological polar surface area (TPSA) is 40.6 Å². The number of hydrogen-bond donors (Lipinski definition) is 0. The number of carbonyl (C=O) groups is 2. The molecule has 2 amide bonds. The molecule has 0 radical (unpaired) electrons. The largest absolute Gasteiger partial charge is 0.336 e. The van der Waals surface area contributed by atoms with E-state index in [-0.39, 0.29) is 11.8 Å². The van der Waals surface area contributed by atoms with Gasteiger partial charge in [-0.05, 0) is 31.0 Å². The van der Waals surface area contributed by atoms with E-state index in [1.165, 1.54) is 5.56 Å². The lowest BCUT2D eigenvalue weighted by atomic mass is 10.1. The van der Waals surface area contributed by atoms with Crippen LogP contribution in [0, 0.1) is 0 Å². The van der Waals surface area contributed by atoms with Crippen molar-refractivity contribution in [3.05, 3.63) is 59.7 Å². The number of benzene rings is 1. The Morgan fingerprint density at radius 2 is 1.61 bits per heavy atom. The molecule has 0 N–H and O–H groups in total. The maximum atomic E-state index is 12.5. The molecule has 1 saturated heterocycles. The summed E-state index contributed by atoms with van der Waals surface area (Å²) in [6.45, 7) is 6.33. The molecule has 1 heterocycles. The summed E-state index contributed by atoms with van der Waals surface area (Å²) in [5.74, 6) is 0.0479. The lowest BCUT2D eigenvalue weighted by Gasteiger charge is -2.34. The molecule has 0 unspecified atom stereocenters. The lowest BCUT2D eigenvalue weighted by Crippen LogP contribution is -2.50. The second-order valence-corrected chi connectivity index (χ2v) is 5.55. The number of rotatable bonds is 4. The van der Waals surface area contributed by atoms with Crippen LogP contribution < -0.4 is 0 Å². The van der Waals surface area contributed by atoms with E-state index in [9.17, 15) is 9.59 Å². The summed E-state index contributed by atoms with van der Waals surface area (Å²) in [5.41, 5.74) is 1.94. The molecular formula is C19H24N2O2. The normalized spacial score (nSPS) is 15.6. The maximum Gasteiger partial charge on any atom is 0.253 e. The quantitative estimate of drug-likeness (QED) is 0.633. The summed E-state index contributed by atoms with van der Waals surface area (Å²) < 4.78 is 0. The summed E-state index contributed by atoms with van der Waals surface area (Å²) >= 11 is 0. The van der Waals surface area contributed by atoms with Crippen molar-refractivity contribution in [3.8, 4) is 0 Å². The minimum atomic E-state index is 0.00231. The van der Waals surface area contributed by atoms with Gasteiger partial charge in [0.15, 0.2) is 0 Å². The maximum absolute atomic E-state index is 12.5. The van der Waals surface area contributed by atoms with Crippen molar-refractivity contribution in [2.24, 2.45) is 0 Å². The Morgan fingerprint density at radius 3 is 2.17 bits per heavy atom. The molecule has 0 aliphatic carbocycles. The summed E-state index contributed by atoms with van der Waals surface area (Å²) in [6, 6.07) is 7.77. The van der Waals surface area contributed by atoms with E-state index >= 15 is 0 Å². The Kier molecular flexibility index (Phi) is 6.15. The fourth-order valence-corrected chi connectivity index (χ4v) is 2.55. The van der Waals surface area contributed by atoms with E-state index in [1.807, 2.05) is 48.2 Å². The van der Waals surface area contributed by atoms with Crippen LogP contribution >= 0.6 is 0 Å². The van der Waals surface area contributed by atoms with Crippen LogP contribution in [-0.4, -0.2) is 47.8 Å². The van der Waals surface area contributed by atoms with Crippen molar-refractivity contribution in [2.75, 3.05) is 26.2 Å². The molecule has 23 heavy (non-hydrogen) atoms. The Balaban J connectivity index is 1.90. The van der Waals surface area contributed by atoms with E-state index in [1.54, 1.807) is 17.1 Å². The number of aryl methyl sites for hydroxylation is 1. The summed E-state index contributed by atoms with van der Waals surface area (Å²) in [6.07, 6.45) is 7.99. The van der Waals surface area contributed by atoms with Crippen LogP contribution in [0.2, 0.25) is 0 Å². The smallest absolute Gasteiger partial charge is 0.253 e. The van der Waals surface area contributed by atoms with Crippen molar-refractivity contribution < 1.29 is 9.59 Å². The highest BCUT2D eigenvalue weighted by Gasteiger charge is 2.23. The number of piperazine rings is 1. The first-order valence-electron chi connectivity index (χ1n) is 8.12. The van der Waals surface area contributed by atoms with Crippen LogP contribution in [0.3, 0.4) is 0 Å². The minimum Gasteiger partial charge on any atom is -0.336 e. The molecule has 1 aliphatic heterocycles. The Labute approximate surface area is 138 Å². The Hall–Kier alpha value is -2.36. The van der Waals surface area contributed by atoms with E-state index in [0.29, 0.717) is 26.2 Å². The summed E-state index contributed by atoms with van der Waals surface area (Å²) in [4.78, 5) is 28.1.